The predicted octanol–water partition coefficient (Wildman–Crippen LogP) is 3.06. The van der Waals surface area contributed by atoms with Crippen LogP contribution in [0.5, 0.6) is 0 Å². The molecule has 1 aliphatic heterocycles. The minimum Gasteiger partial charge on any atom is -0.368 e. The standard InChI is InChI=1S/C20H30N6.HI/c1-3-21-20(22-11-7-8-18-16-23-24-17(18)2)26-14-12-25(13-15-26)19-9-5-4-6-10-19;/h4-6,9-10,16H,3,7-8,11-15H2,1-2H3,(H,21,22)(H,23,24);1H. The first-order valence-corrected chi connectivity index (χ1v) is 9.60. The summed E-state index contributed by atoms with van der Waals surface area (Å²) in [5, 5.41) is 10.5. The van der Waals surface area contributed by atoms with Crippen LogP contribution in [0.3, 0.4) is 0 Å². The minimum absolute atomic E-state index is 0. The molecule has 2 N–H and O–H groups in total. The second-order valence-electron chi connectivity index (χ2n) is 6.67. The second kappa shape index (κ2) is 11.2. The van der Waals surface area contributed by atoms with Crippen molar-refractivity contribution in [2.75, 3.05) is 44.2 Å². The van der Waals surface area contributed by atoms with Crippen molar-refractivity contribution in [2.45, 2.75) is 26.7 Å². The van der Waals surface area contributed by atoms with Gasteiger partial charge in [0.05, 0.1) is 6.20 Å². The summed E-state index contributed by atoms with van der Waals surface area (Å²) in [6.07, 6.45) is 3.99. The van der Waals surface area contributed by atoms with E-state index in [-0.39, 0.29) is 24.0 Å². The quantitative estimate of drug-likeness (QED) is 0.288. The zero-order chi connectivity index (χ0) is 18.2. The molecule has 0 unspecified atom stereocenters. The van der Waals surface area contributed by atoms with Crippen molar-refractivity contribution in [1.29, 1.82) is 0 Å². The fourth-order valence-corrected chi connectivity index (χ4v) is 3.32. The van der Waals surface area contributed by atoms with E-state index in [2.05, 4.69) is 69.5 Å². The maximum Gasteiger partial charge on any atom is 0.194 e. The topological polar surface area (TPSA) is 59.6 Å². The van der Waals surface area contributed by atoms with Gasteiger partial charge in [0.25, 0.3) is 0 Å². The smallest absolute Gasteiger partial charge is 0.194 e. The summed E-state index contributed by atoms with van der Waals surface area (Å²) >= 11 is 0. The largest absolute Gasteiger partial charge is 0.368 e. The molecule has 0 spiro atoms. The van der Waals surface area contributed by atoms with Crippen molar-refractivity contribution in [1.82, 2.24) is 20.4 Å². The van der Waals surface area contributed by atoms with Crippen LogP contribution in [0.1, 0.15) is 24.6 Å². The van der Waals surface area contributed by atoms with Gasteiger partial charge in [0, 0.05) is 50.6 Å². The molecule has 148 valence electrons. The summed E-state index contributed by atoms with van der Waals surface area (Å²) in [4.78, 5) is 9.67. The van der Waals surface area contributed by atoms with Crippen molar-refractivity contribution in [2.24, 2.45) is 4.99 Å². The molecule has 0 aliphatic carbocycles. The van der Waals surface area contributed by atoms with Crippen molar-refractivity contribution in [3.05, 3.63) is 47.8 Å². The molecule has 6 nitrogen and oxygen atoms in total. The van der Waals surface area contributed by atoms with Gasteiger partial charge in [-0.3, -0.25) is 10.1 Å². The van der Waals surface area contributed by atoms with Crippen LogP contribution >= 0.6 is 24.0 Å². The number of rotatable bonds is 6. The molecule has 0 bridgehead atoms. The van der Waals surface area contributed by atoms with Crippen LogP contribution in [0, 0.1) is 6.92 Å². The van der Waals surface area contributed by atoms with Gasteiger partial charge in [-0.2, -0.15) is 5.10 Å². The summed E-state index contributed by atoms with van der Waals surface area (Å²) in [6.45, 7) is 10.0. The number of piperazine rings is 1. The fourth-order valence-electron chi connectivity index (χ4n) is 3.32. The van der Waals surface area contributed by atoms with Crippen LogP contribution < -0.4 is 10.2 Å². The van der Waals surface area contributed by atoms with E-state index in [4.69, 9.17) is 4.99 Å². The Morgan fingerprint density at radius 1 is 1.19 bits per heavy atom. The van der Waals surface area contributed by atoms with E-state index in [9.17, 15) is 0 Å². The normalized spacial score (nSPS) is 14.8. The Morgan fingerprint density at radius 3 is 2.56 bits per heavy atom. The number of nitrogens with one attached hydrogen (secondary N) is 2. The Labute approximate surface area is 179 Å². The number of halogens is 1. The molecule has 7 heteroatoms. The van der Waals surface area contributed by atoms with Gasteiger partial charge in [0.2, 0.25) is 0 Å². The Morgan fingerprint density at radius 2 is 1.93 bits per heavy atom. The number of H-pyrrole nitrogens is 1. The number of guanidine groups is 1. The summed E-state index contributed by atoms with van der Waals surface area (Å²) in [5.74, 6) is 1.05. The predicted molar refractivity (Wildman–Crippen MR) is 123 cm³/mol. The monoisotopic (exact) mass is 482 g/mol. The average molecular weight is 482 g/mol. The Balaban J connectivity index is 0.00000261. The lowest BCUT2D eigenvalue weighted by Gasteiger charge is -2.37. The Bertz CT molecular complexity index is 692. The molecular weight excluding hydrogens is 451 g/mol. The number of benzene rings is 1. The van der Waals surface area contributed by atoms with E-state index in [0.717, 1.165) is 63.8 Å². The van der Waals surface area contributed by atoms with Crippen molar-refractivity contribution in [3.8, 4) is 0 Å². The van der Waals surface area contributed by atoms with Crippen LogP contribution in [0.2, 0.25) is 0 Å². The van der Waals surface area contributed by atoms with E-state index in [1.54, 1.807) is 0 Å². The molecule has 0 saturated carbocycles. The molecule has 1 aromatic heterocycles. The summed E-state index contributed by atoms with van der Waals surface area (Å²) in [5.41, 5.74) is 3.77. The van der Waals surface area contributed by atoms with Crippen molar-refractivity contribution >= 4 is 35.6 Å². The average Bonchev–Trinajstić information content (AvgIpc) is 3.10. The molecule has 2 aromatic rings. The van der Waals surface area contributed by atoms with Crippen LogP contribution in [-0.4, -0.2) is 60.3 Å². The van der Waals surface area contributed by atoms with Gasteiger partial charge in [0.1, 0.15) is 0 Å². The molecule has 3 rings (SSSR count). The maximum atomic E-state index is 4.85. The lowest BCUT2D eigenvalue weighted by molar-refractivity contribution is 0.372. The molecule has 1 fully saturated rings. The number of aliphatic imine (C=N–C) groups is 1. The zero-order valence-electron chi connectivity index (χ0n) is 16.3. The minimum atomic E-state index is 0. The maximum absolute atomic E-state index is 4.85. The van der Waals surface area contributed by atoms with E-state index in [1.165, 1.54) is 11.3 Å². The lowest BCUT2D eigenvalue weighted by Crippen LogP contribution is -2.52. The van der Waals surface area contributed by atoms with Gasteiger partial charge >= 0.3 is 0 Å². The Hall–Kier alpha value is -1.77. The van der Waals surface area contributed by atoms with Gasteiger partial charge in [-0.05, 0) is 44.4 Å². The van der Waals surface area contributed by atoms with Crippen molar-refractivity contribution < 1.29 is 0 Å². The third-order valence-corrected chi connectivity index (χ3v) is 4.84. The number of aromatic nitrogens is 2. The highest BCUT2D eigenvalue weighted by molar-refractivity contribution is 14.0. The molecule has 1 saturated heterocycles. The molecule has 0 amide bonds. The van der Waals surface area contributed by atoms with E-state index in [1.807, 2.05) is 6.20 Å². The van der Waals surface area contributed by atoms with Gasteiger partial charge in [-0.1, -0.05) is 18.2 Å². The third kappa shape index (κ3) is 6.12. The molecule has 1 aliphatic rings. The molecule has 27 heavy (non-hydrogen) atoms. The van der Waals surface area contributed by atoms with Crippen LogP contribution in [0.4, 0.5) is 5.69 Å². The number of aryl methyl sites for hydroxylation is 2. The zero-order valence-corrected chi connectivity index (χ0v) is 18.6. The lowest BCUT2D eigenvalue weighted by atomic mass is 10.1. The van der Waals surface area contributed by atoms with E-state index in [0.29, 0.717) is 0 Å². The first-order chi connectivity index (χ1) is 12.8. The van der Waals surface area contributed by atoms with Gasteiger partial charge in [-0.15, -0.1) is 24.0 Å². The van der Waals surface area contributed by atoms with Crippen molar-refractivity contribution in [3.63, 3.8) is 0 Å². The number of hydrogen-bond donors (Lipinski definition) is 2. The number of nitrogens with zero attached hydrogens (tertiary/aromatic N) is 4. The van der Waals surface area contributed by atoms with E-state index < -0.39 is 0 Å². The molecule has 1 aromatic carbocycles. The first kappa shape index (κ1) is 21.5. The number of hydrogen-bond acceptors (Lipinski definition) is 3. The number of aromatic amines is 1. The summed E-state index contributed by atoms with van der Waals surface area (Å²) in [7, 11) is 0. The molecule has 2 heterocycles. The third-order valence-electron chi connectivity index (χ3n) is 4.84. The molecular formula is C20H31IN6. The fraction of sp³-hybridized carbons (Fsp3) is 0.500. The molecule has 0 atom stereocenters. The van der Waals surface area contributed by atoms with Gasteiger partial charge in [-0.25, -0.2) is 0 Å². The number of anilines is 1. The van der Waals surface area contributed by atoms with Gasteiger partial charge < -0.3 is 15.1 Å². The van der Waals surface area contributed by atoms with Gasteiger partial charge in [0.15, 0.2) is 5.96 Å². The Kier molecular flexibility index (Phi) is 8.90. The van der Waals surface area contributed by atoms with Crippen LogP contribution in [0.15, 0.2) is 41.5 Å². The highest BCUT2D eigenvalue weighted by Gasteiger charge is 2.19. The SMILES string of the molecule is CCNC(=NCCCc1cn[nH]c1C)N1CCN(c2ccccc2)CC1.I. The summed E-state index contributed by atoms with van der Waals surface area (Å²) < 4.78 is 0. The van der Waals surface area contributed by atoms with E-state index >= 15 is 0 Å². The second-order valence-corrected chi connectivity index (χ2v) is 6.67. The highest BCUT2D eigenvalue weighted by atomic mass is 127. The highest BCUT2D eigenvalue weighted by Crippen LogP contribution is 2.15. The summed E-state index contributed by atoms with van der Waals surface area (Å²) in [6, 6.07) is 10.7. The molecule has 0 radical (unpaired) electrons. The first-order valence-electron chi connectivity index (χ1n) is 9.60. The van der Waals surface area contributed by atoms with Crippen LogP contribution in [-0.2, 0) is 6.42 Å². The van der Waals surface area contributed by atoms with Crippen LogP contribution in [0.25, 0.3) is 0 Å². The number of para-hydroxylation sites is 1.